The molecule has 0 spiro atoms. The van der Waals surface area contributed by atoms with Gasteiger partial charge in [0.15, 0.2) is 5.76 Å². The minimum Gasteiger partial charge on any atom is -0.494 e. The van der Waals surface area contributed by atoms with Crippen LogP contribution in [0.25, 0.3) is 0 Å². The molecule has 2 aliphatic rings. The molecule has 0 saturated carbocycles. The number of carbonyl (C=O) groups is 3. The molecule has 34 heavy (non-hydrogen) atoms. The molecule has 3 heterocycles. The fourth-order valence-electron chi connectivity index (χ4n) is 4.22. The molecule has 1 atom stereocenters. The molecule has 10 nitrogen and oxygen atoms in total. The molecule has 2 aliphatic heterocycles. The largest absolute Gasteiger partial charge is 0.494 e. The van der Waals surface area contributed by atoms with Crippen LogP contribution >= 0.6 is 0 Å². The minimum atomic E-state index is -0.722. The van der Waals surface area contributed by atoms with E-state index in [4.69, 9.17) is 13.9 Å². The number of nitrogens with one attached hydrogen (secondary N) is 2. The molecule has 10 heteroatoms. The number of nitrogens with zero attached hydrogens (tertiary/aromatic N) is 2. The third-order valence-electron chi connectivity index (χ3n) is 5.86. The van der Waals surface area contributed by atoms with Gasteiger partial charge in [-0.1, -0.05) is 18.2 Å². The predicted octanol–water partition coefficient (Wildman–Crippen LogP) is 1.92. The van der Waals surface area contributed by atoms with E-state index in [1.807, 2.05) is 25.1 Å². The molecule has 1 aromatic heterocycles. The summed E-state index contributed by atoms with van der Waals surface area (Å²) >= 11 is 0. The number of para-hydroxylation sites is 1. The first-order valence-electron chi connectivity index (χ1n) is 11.2. The zero-order valence-electron chi connectivity index (χ0n) is 19.2. The van der Waals surface area contributed by atoms with Crippen molar-refractivity contribution in [2.75, 3.05) is 46.4 Å². The van der Waals surface area contributed by atoms with Gasteiger partial charge in [0.2, 0.25) is 0 Å². The standard InChI is InChI=1S/C24H28N4O6/c1-3-33-18-8-5-4-7-16(18)21-20(23(30)32-2)17(25-24(31)26-21)15-27-10-12-28(13-11-27)22(29)19-9-6-14-34-19/h4-9,14,21H,3,10-13,15H2,1-2H3,(H2,25,26,31). The third-order valence-corrected chi connectivity index (χ3v) is 5.86. The number of hydrogen-bond donors (Lipinski definition) is 2. The van der Waals surface area contributed by atoms with Crippen LogP contribution in [0.2, 0.25) is 0 Å². The van der Waals surface area contributed by atoms with E-state index in [1.165, 1.54) is 13.4 Å². The summed E-state index contributed by atoms with van der Waals surface area (Å²) in [4.78, 5) is 41.8. The van der Waals surface area contributed by atoms with Gasteiger partial charge in [-0.05, 0) is 25.1 Å². The van der Waals surface area contributed by atoms with Crippen LogP contribution in [0.3, 0.4) is 0 Å². The highest BCUT2D eigenvalue weighted by molar-refractivity contribution is 5.95. The third kappa shape index (κ3) is 4.91. The van der Waals surface area contributed by atoms with Gasteiger partial charge in [0.1, 0.15) is 5.75 Å². The molecular formula is C24H28N4O6. The smallest absolute Gasteiger partial charge is 0.338 e. The highest BCUT2D eigenvalue weighted by Crippen LogP contribution is 2.33. The quantitative estimate of drug-likeness (QED) is 0.597. The summed E-state index contributed by atoms with van der Waals surface area (Å²) in [6.45, 7) is 4.81. The number of benzene rings is 1. The Kier molecular flexibility index (Phi) is 7.17. The van der Waals surface area contributed by atoms with Crippen LogP contribution in [0.5, 0.6) is 5.75 Å². The van der Waals surface area contributed by atoms with E-state index in [-0.39, 0.29) is 5.91 Å². The van der Waals surface area contributed by atoms with Crippen molar-refractivity contribution >= 4 is 17.9 Å². The van der Waals surface area contributed by atoms with Crippen molar-refractivity contribution in [1.29, 1.82) is 0 Å². The number of rotatable bonds is 7. The number of furan rings is 1. The fourth-order valence-corrected chi connectivity index (χ4v) is 4.22. The van der Waals surface area contributed by atoms with E-state index < -0.39 is 18.0 Å². The van der Waals surface area contributed by atoms with Crippen LogP contribution in [0.1, 0.15) is 29.1 Å². The summed E-state index contributed by atoms with van der Waals surface area (Å²) in [5.74, 6) is 0.209. The Morgan fingerprint density at radius 2 is 1.88 bits per heavy atom. The summed E-state index contributed by atoms with van der Waals surface area (Å²) in [7, 11) is 1.31. The first kappa shape index (κ1) is 23.4. The number of ether oxygens (including phenoxy) is 2. The van der Waals surface area contributed by atoms with Gasteiger partial charge in [0, 0.05) is 44.0 Å². The Labute approximate surface area is 197 Å². The first-order chi connectivity index (χ1) is 16.5. The lowest BCUT2D eigenvalue weighted by Gasteiger charge is -2.36. The summed E-state index contributed by atoms with van der Waals surface area (Å²) in [6, 6.07) is 9.49. The topological polar surface area (TPSA) is 113 Å². The molecule has 1 fully saturated rings. The van der Waals surface area contributed by atoms with Crippen molar-refractivity contribution in [2.45, 2.75) is 13.0 Å². The average molecular weight is 469 g/mol. The summed E-state index contributed by atoms with van der Waals surface area (Å²) < 4.78 is 16.0. The molecule has 1 saturated heterocycles. The molecule has 0 radical (unpaired) electrons. The first-order valence-corrected chi connectivity index (χ1v) is 11.2. The SMILES string of the molecule is CCOc1ccccc1C1NC(=O)NC(CN2CCN(C(=O)c3ccco3)CC2)=C1C(=O)OC. The van der Waals surface area contributed by atoms with Crippen LogP contribution in [0.15, 0.2) is 58.3 Å². The van der Waals surface area contributed by atoms with Gasteiger partial charge in [0.05, 0.1) is 31.6 Å². The number of methoxy groups -OCH3 is 1. The van der Waals surface area contributed by atoms with Gasteiger partial charge in [-0.25, -0.2) is 9.59 Å². The number of esters is 1. The van der Waals surface area contributed by atoms with Gasteiger partial charge < -0.3 is 29.4 Å². The van der Waals surface area contributed by atoms with Crippen LogP contribution in [0.4, 0.5) is 4.79 Å². The van der Waals surface area contributed by atoms with Gasteiger partial charge in [-0.15, -0.1) is 0 Å². The van der Waals surface area contributed by atoms with E-state index in [1.54, 1.807) is 23.1 Å². The maximum absolute atomic E-state index is 12.9. The van der Waals surface area contributed by atoms with E-state index in [2.05, 4.69) is 15.5 Å². The maximum Gasteiger partial charge on any atom is 0.338 e. The van der Waals surface area contributed by atoms with Crippen molar-refractivity contribution in [3.63, 3.8) is 0 Å². The summed E-state index contributed by atoms with van der Waals surface area (Å²) in [6.07, 6.45) is 1.48. The monoisotopic (exact) mass is 468 g/mol. The van der Waals surface area contributed by atoms with Crippen molar-refractivity contribution in [2.24, 2.45) is 0 Å². The van der Waals surface area contributed by atoms with E-state index >= 15 is 0 Å². The molecule has 4 rings (SSSR count). The molecule has 2 N–H and O–H groups in total. The normalized spacial score (nSPS) is 18.8. The van der Waals surface area contributed by atoms with Crippen molar-refractivity contribution < 1.29 is 28.3 Å². The average Bonchev–Trinajstić information content (AvgIpc) is 3.39. The van der Waals surface area contributed by atoms with E-state index in [0.717, 1.165) is 0 Å². The Bertz CT molecular complexity index is 1070. The number of urea groups is 1. The van der Waals surface area contributed by atoms with Crippen LogP contribution in [0, 0.1) is 0 Å². The number of piperazine rings is 1. The molecule has 1 aromatic carbocycles. The number of hydrogen-bond acceptors (Lipinski definition) is 7. The number of carbonyl (C=O) groups excluding carboxylic acids is 3. The maximum atomic E-state index is 12.9. The van der Waals surface area contributed by atoms with Crippen LogP contribution < -0.4 is 15.4 Å². The zero-order valence-corrected chi connectivity index (χ0v) is 19.2. The highest BCUT2D eigenvalue weighted by Gasteiger charge is 2.36. The van der Waals surface area contributed by atoms with Gasteiger partial charge in [-0.3, -0.25) is 9.69 Å². The van der Waals surface area contributed by atoms with Gasteiger partial charge in [0.25, 0.3) is 5.91 Å². The van der Waals surface area contributed by atoms with Crippen LogP contribution in [-0.4, -0.2) is 74.1 Å². The molecule has 3 amide bonds. The van der Waals surface area contributed by atoms with Gasteiger partial charge >= 0.3 is 12.0 Å². The minimum absolute atomic E-state index is 0.151. The molecule has 1 unspecified atom stereocenters. The second-order valence-electron chi connectivity index (χ2n) is 7.93. The fraction of sp³-hybridized carbons (Fsp3) is 0.375. The lowest BCUT2D eigenvalue weighted by Crippen LogP contribution is -2.52. The predicted molar refractivity (Wildman–Crippen MR) is 122 cm³/mol. The summed E-state index contributed by atoms with van der Waals surface area (Å²) in [5, 5.41) is 5.62. The number of amides is 3. The molecule has 0 aliphatic carbocycles. The summed E-state index contributed by atoms with van der Waals surface area (Å²) in [5.41, 5.74) is 1.46. The van der Waals surface area contributed by atoms with Crippen molar-refractivity contribution in [3.8, 4) is 5.75 Å². The molecular weight excluding hydrogens is 440 g/mol. The Hall–Kier alpha value is -3.79. The Morgan fingerprint density at radius 3 is 2.56 bits per heavy atom. The second kappa shape index (κ2) is 10.4. The highest BCUT2D eigenvalue weighted by atomic mass is 16.5. The van der Waals surface area contributed by atoms with Gasteiger partial charge in [-0.2, -0.15) is 0 Å². The Morgan fingerprint density at radius 1 is 1.12 bits per heavy atom. The second-order valence-corrected chi connectivity index (χ2v) is 7.93. The lowest BCUT2D eigenvalue weighted by molar-refractivity contribution is -0.136. The van der Waals surface area contributed by atoms with Crippen LogP contribution in [-0.2, 0) is 9.53 Å². The molecule has 180 valence electrons. The lowest BCUT2D eigenvalue weighted by atomic mass is 9.94. The molecule has 2 aromatic rings. The van der Waals surface area contributed by atoms with E-state index in [9.17, 15) is 14.4 Å². The van der Waals surface area contributed by atoms with Crippen molar-refractivity contribution in [1.82, 2.24) is 20.4 Å². The van der Waals surface area contributed by atoms with E-state index in [0.29, 0.717) is 67.7 Å². The Balaban J connectivity index is 1.56. The molecule has 0 bridgehead atoms. The zero-order chi connectivity index (χ0) is 24.1. The van der Waals surface area contributed by atoms with Crippen molar-refractivity contribution in [3.05, 3.63) is 65.3 Å².